The average Bonchev–Trinajstić information content (AvgIpc) is 2.94. The fourth-order valence-corrected chi connectivity index (χ4v) is 3.23. The molecule has 0 saturated carbocycles. The molecule has 5 heteroatoms. The number of hydrogen-bond acceptors (Lipinski definition) is 5. The maximum absolute atomic E-state index is 12.0. The number of nitrogens with zero attached hydrogens (tertiary/aromatic N) is 1. The molecule has 0 amide bonds. The van der Waals surface area contributed by atoms with Gasteiger partial charge in [0.15, 0.2) is 0 Å². The van der Waals surface area contributed by atoms with Crippen molar-refractivity contribution in [2.24, 2.45) is 5.41 Å². The van der Waals surface area contributed by atoms with E-state index in [-0.39, 0.29) is 17.5 Å². The van der Waals surface area contributed by atoms with Crippen LogP contribution in [0.3, 0.4) is 0 Å². The lowest BCUT2D eigenvalue weighted by Gasteiger charge is -2.20. The third kappa shape index (κ3) is 4.27. The van der Waals surface area contributed by atoms with Gasteiger partial charge >= 0.3 is 5.97 Å². The van der Waals surface area contributed by atoms with E-state index in [0.29, 0.717) is 5.56 Å². The molecule has 2 N–H and O–H groups in total. The third-order valence-electron chi connectivity index (χ3n) is 4.99. The highest BCUT2D eigenvalue weighted by molar-refractivity contribution is 5.78. The van der Waals surface area contributed by atoms with E-state index in [1.54, 1.807) is 6.07 Å². The molecule has 0 aliphatic carbocycles. The number of nitrogens with one attached hydrogen (secondary N) is 2. The van der Waals surface area contributed by atoms with E-state index in [0.717, 1.165) is 51.0 Å². The molecule has 1 saturated heterocycles. The number of cyclic esters (lactones) is 1. The zero-order chi connectivity index (χ0) is 17.4. The topological polar surface area (TPSA) is 74.2 Å². The molecule has 2 rings (SSSR count). The molecule has 1 aromatic carbocycles. The van der Waals surface area contributed by atoms with Crippen molar-refractivity contribution in [1.82, 2.24) is 5.32 Å². The van der Waals surface area contributed by atoms with Gasteiger partial charge in [0, 0.05) is 19.5 Å². The number of carbonyl (C=O) groups is 1. The van der Waals surface area contributed by atoms with Crippen molar-refractivity contribution >= 4 is 11.7 Å². The summed E-state index contributed by atoms with van der Waals surface area (Å²) in [7, 11) is 0. The van der Waals surface area contributed by atoms with Gasteiger partial charge in [-0.1, -0.05) is 26.0 Å². The normalized spacial score (nSPS) is 18.9. The maximum Gasteiger partial charge on any atom is 0.312 e. The average molecular weight is 329 g/mol. The van der Waals surface area contributed by atoms with Gasteiger partial charge < -0.3 is 15.4 Å². The van der Waals surface area contributed by atoms with Gasteiger partial charge in [0.25, 0.3) is 0 Å². The summed E-state index contributed by atoms with van der Waals surface area (Å²) in [5, 5.41) is 15.7. The summed E-state index contributed by atoms with van der Waals surface area (Å²) < 4.78 is 5.53. The van der Waals surface area contributed by atoms with Crippen LogP contribution in [0.25, 0.3) is 0 Å². The van der Waals surface area contributed by atoms with Crippen LogP contribution in [0.5, 0.6) is 0 Å². The monoisotopic (exact) mass is 329 g/mol. The molecule has 1 fully saturated rings. The highest BCUT2D eigenvalue weighted by atomic mass is 16.6. The lowest BCUT2D eigenvalue weighted by Crippen LogP contribution is -2.26. The van der Waals surface area contributed by atoms with Crippen molar-refractivity contribution < 1.29 is 9.53 Å². The van der Waals surface area contributed by atoms with E-state index in [4.69, 9.17) is 10.00 Å². The highest BCUT2D eigenvalue weighted by Crippen LogP contribution is 2.40. The molecule has 1 unspecified atom stereocenters. The Morgan fingerprint density at radius 3 is 2.67 bits per heavy atom. The van der Waals surface area contributed by atoms with Gasteiger partial charge in [-0.3, -0.25) is 4.79 Å². The molecule has 1 aromatic rings. The van der Waals surface area contributed by atoms with Crippen LogP contribution >= 0.6 is 0 Å². The summed E-state index contributed by atoms with van der Waals surface area (Å²) in [5.41, 5.74) is 1.26. The molecule has 1 aliphatic rings. The second-order valence-electron chi connectivity index (χ2n) is 6.34. The summed E-state index contributed by atoms with van der Waals surface area (Å²) in [6, 6.07) is 9.66. The van der Waals surface area contributed by atoms with Crippen molar-refractivity contribution in [3.05, 3.63) is 29.8 Å². The lowest BCUT2D eigenvalue weighted by atomic mass is 9.79. The molecule has 1 atom stereocenters. The number of carbonyl (C=O) groups excluding carboxylic acids is 1. The third-order valence-corrected chi connectivity index (χ3v) is 4.99. The molecule has 0 radical (unpaired) electrons. The summed E-state index contributed by atoms with van der Waals surface area (Å²) in [4.78, 5) is 12.0. The van der Waals surface area contributed by atoms with Gasteiger partial charge in [0.1, 0.15) is 12.2 Å². The molecule has 0 bridgehead atoms. The summed E-state index contributed by atoms with van der Waals surface area (Å²) >= 11 is 0. The van der Waals surface area contributed by atoms with E-state index in [2.05, 4.69) is 30.6 Å². The Morgan fingerprint density at radius 1 is 1.25 bits per heavy atom. The van der Waals surface area contributed by atoms with Gasteiger partial charge in [-0.2, -0.15) is 5.26 Å². The largest absolute Gasteiger partial charge is 0.462 e. The van der Waals surface area contributed by atoms with Gasteiger partial charge in [-0.05, 0) is 37.9 Å². The first kappa shape index (κ1) is 18.3. The molecular weight excluding hydrogens is 302 g/mol. The van der Waals surface area contributed by atoms with Gasteiger partial charge in [-0.15, -0.1) is 0 Å². The Morgan fingerprint density at radius 2 is 2.00 bits per heavy atom. The van der Waals surface area contributed by atoms with Crippen molar-refractivity contribution in [2.45, 2.75) is 45.6 Å². The predicted molar refractivity (Wildman–Crippen MR) is 94.6 cm³/mol. The number of para-hydroxylation sites is 1. The summed E-state index contributed by atoms with van der Waals surface area (Å²) in [6.07, 6.45) is 3.44. The van der Waals surface area contributed by atoms with Crippen LogP contribution in [0.15, 0.2) is 24.3 Å². The number of nitriles is 1. The summed E-state index contributed by atoms with van der Waals surface area (Å²) in [6.45, 7) is 6.50. The Kier molecular flexibility index (Phi) is 6.62. The first-order valence-corrected chi connectivity index (χ1v) is 8.80. The quantitative estimate of drug-likeness (QED) is 0.538. The lowest BCUT2D eigenvalue weighted by molar-refractivity contribution is -0.149. The van der Waals surface area contributed by atoms with Crippen LogP contribution in [0.4, 0.5) is 5.69 Å². The zero-order valence-corrected chi connectivity index (χ0v) is 14.6. The van der Waals surface area contributed by atoms with Crippen LogP contribution in [0.1, 0.15) is 45.1 Å². The number of anilines is 1. The van der Waals surface area contributed by atoms with Crippen LogP contribution < -0.4 is 10.6 Å². The number of hydrogen-bond donors (Lipinski definition) is 2. The molecule has 24 heavy (non-hydrogen) atoms. The minimum absolute atomic E-state index is 0.0210. The summed E-state index contributed by atoms with van der Waals surface area (Å²) in [5.74, 6) is -0.0210. The van der Waals surface area contributed by atoms with Gasteiger partial charge in [-0.25, -0.2) is 0 Å². The maximum atomic E-state index is 12.0. The van der Waals surface area contributed by atoms with Crippen molar-refractivity contribution in [3.8, 4) is 6.07 Å². The number of ether oxygens (including phenoxy) is 1. The van der Waals surface area contributed by atoms with E-state index in [1.807, 2.05) is 18.2 Å². The minimum atomic E-state index is -0.257. The number of rotatable bonds is 9. The van der Waals surface area contributed by atoms with Crippen LogP contribution in [0, 0.1) is 16.7 Å². The number of esters is 1. The molecule has 1 heterocycles. The van der Waals surface area contributed by atoms with E-state index < -0.39 is 0 Å². The van der Waals surface area contributed by atoms with E-state index in [9.17, 15) is 4.79 Å². The molecule has 0 spiro atoms. The molecule has 0 aromatic heterocycles. The van der Waals surface area contributed by atoms with Crippen LogP contribution in [-0.2, 0) is 9.53 Å². The van der Waals surface area contributed by atoms with Crippen molar-refractivity contribution in [1.29, 1.82) is 5.26 Å². The molecule has 5 nitrogen and oxygen atoms in total. The molecule has 1 aliphatic heterocycles. The van der Waals surface area contributed by atoms with Gasteiger partial charge in [0.05, 0.1) is 16.7 Å². The second kappa shape index (κ2) is 8.70. The molecular formula is C19H27N3O2. The van der Waals surface area contributed by atoms with Crippen LogP contribution in [0.2, 0.25) is 0 Å². The first-order chi connectivity index (χ1) is 11.6. The Hall–Kier alpha value is -2.06. The Balaban J connectivity index is 1.64. The molecule has 130 valence electrons. The van der Waals surface area contributed by atoms with E-state index in [1.165, 1.54) is 0 Å². The fraction of sp³-hybridized carbons (Fsp3) is 0.579. The Bertz CT molecular complexity index is 591. The Labute approximate surface area is 144 Å². The predicted octanol–water partition coefficient (Wildman–Crippen LogP) is 3.07. The van der Waals surface area contributed by atoms with Gasteiger partial charge in [0.2, 0.25) is 0 Å². The van der Waals surface area contributed by atoms with Crippen molar-refractivity contribution in [3.63, 3.8) is 0 Å². The number of benzene rings is 1. The standard InChI is InChI=1S/C19H27N3O2/c1-3-19(4-2)13-16(24-18(19)23)9-10-21-11-12-22-17-8-6-5-7-15(17)14-20/h5-8,16,21-22H,3-4,9-13H2,1-2H3. The zero-order valence-electron chi connectivity index (χ0n) is 14.6. The van der Waals surface area contributed by atoms with Crippen molar-refractivity contribution in [2.75, 3.05) is 25.0 Å². The first-order valence-electron chi connectivity index (χ1n) is 8.80. The SMILES string of the molecule is CCC1(CC)CC(CCNCCNc2ccccc2C#N)OC1=O. The van der Waals surface area contributed by atoms with Crippen LogP contribution in [-0.4, -0.2) is 31.7 Å². The minimum Gasteiger partial charge on any atom is -0.462 e. The smallest absolute Gasteiger partial charge is 0.312 e. The fourth-order valence-electron chi connectivity index (χ4n) is 3.23. The highest BCUT2D eigenvalue weighted by Gasteiger charge is 2.45. The second-order valence-corrected chi connectivity index (χ2v) is 6.34. The van der Waals surface area contributed by atoms with E-state index >= 15 is 0 Å².